The standard InChI is InChI=1S/C15H30N2/c1-4-17-10-8-14(9-11-17)16-15-7-5-6-12(2)13(15)3/h12-16H,4-11H2,1-3H3. The molecule has 0 aromatic carbocycles. The number of hydrogen-bond donors (Lipinski definition) is 1. The molecule has 100 valence electrons. The van der Waals surface area contributed by atoms with Crippen LogP contribution in [0.1, 0.15) is 52.9 Å². The zero-order valence-corrected chi connectivity index (χ0v) is 11.9. The van der Waals surface area contributed by atoms with E-state index >= 15 is 0 Å². The van der Waals surface area contributed by atoms with E-state index < -0.39 is 0 Å². The summed E-state index contributed by atoms with van der Waals surface area (Å²) in [6.07, 6.45) is 6.97. The van der Waals surface area contributed by atoms with Crippen LogP contribution in [0.2, 0.25) is 0 Å². The van der Waals surface area contributed by atoms with Gasteiger partial charge in [-0.25, -0.2) is 0 Å². The fourth-order valence-electron chi connectivity index (χ4n) is 3.54. The number of hydrogen-bond acceptors (Lipinski definition) is 2. The summed E-state index contributed by atoms with van der Waals surface area (Å²) in [7, 11) is 0. The van der Waals surface area contributed by atoms with Gasteiger partial charge in [0.2, 0.25) is 0 Å². The van der Waals surface area contributed by atoms with E-state index in [0.29, 0.717) is 0 Å². The van der Waals surface area contributed by atoms with Crippen LogP contribution in [0.5, 0.6) is 0 Å². The Hall–Kier alpha value is -0.0800. The molecule has 2 fully saturated rings. The predicted octanol–water partition coefficient (Wildman–Crippen LogP) is 2.89. The Morgan fingerprint density at radius 3 is 2.41 bits per heavy atom. The lowest BCUT2D eigenvalue weighted by molar-refractivity contribution is 0.154. The lowest BCUT2D eigenvalue weighted by Crippen LogP contribution is -2.50. The first-order valence-electron chi connectivity index (χ1n) is 7.69. The van der Waals surface area contributed by atoms with E-state index in [9.17, 15) is 0 Å². The van der Waals surface area contributed by atoms with Crippen LogP contribution in [-0.4, -0.2) is 36.6 Å². The molecule has 1 aliphatic carbocycles. The molecular weight excluding hydrogens is 208 g/mol. The fourth-order valence-corrected chi connectivity index (χ4v) is 3.54. The van der Waals surface area contributed by atoms with Gasteiger partial charge in [-0.05, 0) is 50.7 Å². The quantitative estimate of drug-likeness (QED) is 0.813. The van der Waals surface area contributed by atoms with Crippen molar-refractivity contribution in [2.45, 2.75) is 65.0 Å². The third kappa shape index (κ3) is 3.45. The van der Waals surface area contributed by atoms with E-state index in [1.165, 1.54) is 51.7 Å². The second-order valence-electron chi connectivity index (χ2n) is 6.25. The molecule has 1 saturated carbocycles. The lowest BCUT2D eigenvalue weighted by Gasteiger charge is -2.39. The number of nitrogens with zero attached hydrogens (tertiary/aromatic N) is 1. The van der Waals surface area contributed by atoms with Gasteiger partial charge >= 0.3 is 0 Å². The smallest absolute Gasteiger partial charge is 0.00978 e. The van der Waals surface area contributed by atoms with Crippen LogP contribution in [-0.2, 0) is 0 Å². The summed E-state index contributed by atoms with van der Waals surface area (Å²) in [6.45, 7) is 11.0. The average molecular weight is 238 g/mol. The molecule has 1 aliphatic heterocycles. The number of rotatable bonds is 3. The lowest BCUT2D eigenvalue weighted by atomic mass is 9.77. The van der Waals surface area contributed by atoms with Gasteiger partial charge in [0, 0.05) is 12.1 Å². The summed E-state index contributed by atoms with van der Waals surface area (Å²) in [5, 5.41) is 3.96. The minimum Gasteiger partial charge on any atom is -0.311 e. The highest BCUT2D eigenvalue weighted by atomic mass is 15.1. The van der Waals surface area contributed by atoms with Crippen LogP contribution in [0.15, 0.2) is 0 Å². The molecule has 2 nitrogen and oxygen atoms in total. The molecule has 1 saturated heterocycles. The Bertz CT molecular complexity index is 221. The topological polar surface area (TPSA) is 15.3 Å². The second kappa shape index (κ2) is 6.19. The first-order valence-corrected chi connectivity index (χ1v) is 7.69. The summed E-state index contributed by atoms with van der Waals surface area (Å²) < 4.78 is 0. The van der Waals surface area contributed by atoms with Crippen LogP contribution in [0.25, 0.3) is 0 Å². The summed E-state index contributed by atoms with van der Waals surface area (Å²) in [5.74, 6) is 1.78. The van der Waals surface area contributed by atoms with Crippen molar-refractivity contribution >= 4 is 0 Å². The Morgan fingerprint density at radius 2 is 1.76 bits per heavy atom. The highest BCUT2D eigenvalue weighted by Gasteiger charge is 2.29. The van der Waals surface area contributed by atoms with Gasteiger partial charge in [0.15, 0.2) is 0 Å². The summed E-state index contributed by atoms with van der Waals surface area (Å²) in [5.41, 5.74) is 0. The van der Waals surface area contributed by atoms with Crippen molar-refractivity contribution in [3.8, 4) is 0 Å². The van der Waals surface area contributed by atoms with Crippen molar-refractivity contribution in [2.75, 3.05) is 19.6 Å². The molecule has 17 heavy (non-hydrogen) atoms. The van der Waals surface area contributed by atoms with Gasteiger partial charge in [-0.1, -0.05) is 33.6 Å². The minimum atomic E-state index is 0.788. The maximum Gasteiger partial charge on any atom is 0.00978 e. The van der Waals surface area contributed by atoms with Crippen LogP contribution in [0.4, 0.5) is 0 Å². The molecule has 0 aromatic heterocycles. The van der Waals surface area contributed by atoms with Crippen LogP contribution in [0, 0.1) is 11.8 Å². The minimum absolute atomic E-state index is 0.788. The van der Waals surface area contributed by atoms with Crippen molar-refractivity contribution in [2.24, 2.45) is 11.8 Å². The van der Waals surface area contributed by atoms with Gasteiger partial charge in [0.05, 0.1) is 0 Å². The molecule has 3 atom stereocenters. The summed E-state index contributed by atoms with van der Waals surface area (Å²) in [6, 6.07) is 1.58. The van der Waals surface area contributed by atoms with E-state index in [4.69, 9.17) is 0 Å². The largest absolute Gasteiger partial charge is 0.311 e. The van der Waals surface area contributed by atoms with Crippen molar-refractivity contribution in [3.63, 3.8) is 0 Å². The molecule has 3 unspecified atom stereocenters. The average Bonchev–Trinajstić information content (AvgIpc) is 2.36. The molecular formula is C15H30N2. The predicted molar refractivity (Wildman–Crippen MR) is 74.2 cm³/mol. The van der Waals surface area contributed by atoms with Gasteiger partial charge in [0.25, 0.3) is 0 Å². The van der Waals surface area contributed by atoms with E-state index in [1.54, 1.807) is 0 Å². The van der Waals surface area contributed by atoms with Crippen LogP contribution >= 0.6 is 0 Å². The molecule has 2 rings (SSSR count). The fraction of sp³-hybridized carbons (Fsp3) is 1.00. The van der Waals surface area contributed by atoms with Crippen LogP contribution < -0.4 is 5.32 Å². The highest BCUT2D eigenvalue weighted by molar-refractivity contribution is 4.86. The van der Waals surface area contributed by atoms with Crippen LogP contribution in [0.3, 0.4) is 0 Å². The molecule has 0 amide bonds. The zero-order valence-electron chi connectivity index (χ0n) is 11.9. The Labute approximate surface area is 107 Å². The number of nitrogens with one attached hydrogen (secondary N) is 1. The van der Waals surface area contributed by atoms with E-state index in [1.807, 2.05) is 0 Å². The Morgan fingerprint density at radius 1 is 1.06 bits per heavy atom. The molecule has 1 N–H and O–H groups in total. The Balaban J connectivity index is 1.77. The molecule has 0 bridgehead atoms. The molecule has 0 radical (unpaired) electrons. The molecule has 1 heterocycles. The van der Waals surface area contributed by atoms with Gasteiger partial charge in [0.1, 0.15) is 0 Å². The second-order valence-corrected chi connectivity index (χ2v) is 6.25. The molecule has 0 aromatic rings. The molecule has 2 aliphatic rings. The summed E-state index contributed by atoms with van der Waals surface area (Å²) >= 11 is 0. The third-order valence-corrected chi connectivity index (χ3v) is 5.19. The first kappa shape index (κ1) is 13.4. The van der Waals surface area contributed by atoms with E-state index in [2.05, 4.69) is 31.0 Å². The maximum atomic E-state index is 3.96. The monoisotopic (exact) mass is 238 g/mol. The number of piperidine rings is 1. The highest BCUT2D eigenvalue weighted by Crippen LogP contribution is 2.30. The zero-order chi connectivity index (χ0) is 12.3. The molecule has 2 heteroatoms. The molecule has 0 spiro atoms. The number of likely N-dealkylation sites (tertiary alicyclic amines) is 1. The third-order valence-electron chi connectivity index (χ3n) is 5.19. The van der Waals surface area contributed by atoms with Crippen molar-refractivity contribution in [1.82, 2.24) is 10.2 Å². The maximum absolute atomic E-state index is 3.96. The van der Waals surface area contributed by atoms with E-state index in [-0.39, 0.29) is 0 Å². The van der Waals surface area contributed by atoms with Gasteiger partial charge in [-0.2, -0.15) is 0 Å². The van der Waals surface area contributed by atoms with Gasteiger partial charge < -0.3 is 10.2 Å². The first-order chi connectivity index (χ1) is 8.20. The van der Waals surface area contributed by atoms with Crippen molar-refractivity contribution < 1.29 is 0 Å². The van der Waals surface area contributed by atoms with E-state index in [0.717, 1.165) is 23.9 Å². The van der Waals surface area contributed by atoms with Crippen molar-refractivity contribution in [1.29, 1.82) is 0 Å². The summed E-state index contributed by atoms with van der Waals surface area (Å²) in [4.78, 5) is 2.57. The van der Waals surface area contributed by atoms with Crippen molar-refractivity contribution in [3.05, 3.63) is 0 Å². The SMILES string of the molecule is CCN1CCC(NC2CCCC(C)C2C)CC1. The normalized spacial score (nSPS) is 37.2. The van der Waals surface area contributed by atoms with Gasteiger partial charge in [-0.15, -0.1) is 0 Å². The Kier molecular flexibility index (Phi) is 4.87. The van der Waals surface area contributed by atoms with Gasteiger partial charge in [-0.3, -0.25) is 0 Å².